The number of benzene rings is 2. The number of ether oxygens (including phenoxy) is 1. The van der Waals surface area contributed by atoms with Crippen LogP contribution in [0.15, 0.2) is 48.5 Å². The summed E-state index contributed by atoms with van der Waals surface area (Å²) in [5, 5.41) is 20.0. The number of nitrogens with one attached hydrogen (secondary N) is 2. The van der Waals surface area contributed by atoms with Crippen LogP contribution >= 0.6 is 11.6 Å². The van der Waals surface area contributed by atoms with Crippen LogP contribution in [0.5, 0.6) is 5.75 Å². The van der Waals surface area contributed by atoms with E-state index in [2.05, 4.69) is 15.7 Å². The fourth-order valence-corrected chi connectivity index (χ4v) is 3.87. The number of alkyl halides is 3. The summed E-state index contributed by atoms with van der Waals surface area (Å²) in [4.78, 5) is 22.9. The number of halogens is 4. The maximum atomic E-state index is 13.9. The minimum Gasteiger partial charge on any atom is -0.497 e. The van der Waals surface area contributed by atoms with Crippen molar-refractivity contribution in [2.45, 2.75) is 24.7 Å². The van der Waals surface area contributed by atoms with E-state index in [1.165, 1.54) is 19.2 Å². The second-order valence-corrected chi connectivity index (χ2v) is 7.91. The Hall–Kier alpha value is -3.80. The van der Waals surface area contributed by atoms with Gasteiger partial charge in [0.15, 0.2) is 11.7 Å². The van der Waals surface area contributed by atoms with Crippen molar-refractivity contribution in [3.8, 4) is 5.75 Å². The van der Waals surface area contributed by atoms with E-state index in [4.69, 9.17) is 16.3 Å². The Morgan fingerprint density at radius 2 is 1.97 bits per heavy atom. The number of non-ortho nitro benzene ring substituents is 1. The number of hydrogen-bond acceptors (Lipinski definition) is 6. The van der Waals surface area contributed by atoms with E-state index < -0.39 is 29.1 Å². The quantitative estimate of drug-likeness (QED) is 0.364. The second kappa shape index (κ2) is 8.86. The molecule has 0 aliphatic carbocycles. The van der Waals surface area contributed by atoms with Crippen LogP contribution in [0.4, 0.5) is 30.4 Å². The number of nitrogens with zero attached hydrogens (tertiary/aromatic N) is 3. The summed E-state index contributed by atoms with van der Waals surface area (Å²) in [6, 6.07) is 8.63. The molecule has 0 saturated heterocycles. The molecule has 2 N–H and O–H groups in total. The molecule has 1 aromatic heterocycles. The number of aromatic nitrogens is 2. The number of nitro groups is 1. The Morgan fingerprint density at radius 3 is 2.56 bits per heavy atom. The number of methoxy groups -OCH3 is 1. The molecule has 4 rings (SSSR count). The van der Waals surface area contributed by atoms with E-state index in [9.17, 15) is 28.1 Å². The van der Waals surface area contributed by atoms with Crippen molar-refractivity contribution in [2.24, 2.45) is 0 Å². The number of anilines is 2. The number of carbonyl (C=O) groups is 1. The minimum absolute atomic E-state index is 0.0225. The molecule has 3 aromatic rings. The lowest BCUT2D eigenvalue weighted by Crippen LogP contribution is -2.35. The van der Waals surface area contributed by atoms with Crippen LogP contribution in [-0.2, 0) is 0 Å². The van der Waals surface area contributed by atoms with Gasteiger partial charge in [0.25, 0.3) is 11.6 Å². The van der Waals surface area contributed by atoms with Gasteiger partial charge in [-0.25, -0.2) is 4.68 Å². The van der Waals surface area contributed by atoms with E-state index in [1.54, 1.807) is 24.3 Å². The third-order valence-electron chi connectivity index (χ3n) is 5.35. The molecule has 34 heavy (non-hydrogen) atoms. The van der Waals surface area contributed by atoms with E-state index in [0.29, 0.717) is 11.3 Å². The summed E-state index contributed by atoms with van der Waals surface area (Å²) in [5.74, 6) is -0.225. The predicted octanol–water partition coefficient (Wildman–Crippen LogP) is 5.37. The van der Waals surface area contributed by atoms with Gasteiger partial charge in [-0.05, 0) is 23.8 Å². The average Bonchev–Trinajstić information content (AvgIpc) is 3.23. The van der Waals surface area contributed by atoms with Crippen molar-refractivity contribution in [2.75, 3.05) is 17.7 Å². The number of amides is 1. The molecule has 0 radical (unpaired) electrons. The Bertz CT molecular complexity index is 1250. The molecule has 1 amide bonds. The van der Waals surface area contributed by atoms with E-state index in [1.807, 2.05) is 0 Å². The van der Waals surface area contributed by atoms with Gasteiger partial charge in [-0.2, -0.15) is 18.3 Å². The smallest absolute Gasteiger partial charge is 0.410 e. The highest BCUT2D eigenvalue weighted by atomic mass is 35.5. The zero-order chi connectivity index (χ0) is 24.6. The lowest BCUT2D eigenvalue weighted by molar-refractivity contribution is -0.384. The van der Waals surface area contributed by atoms with Gasteiger partial charge in [-0.1, -0.05) is 23.7 Å². The monoisotopic (exact) mass is 495 g/mol. The molecule has 2 atom stereocenters. The van der Waals surface area contributed by atoms with Gasteiger partial charge in [-0.3, -0.25) is 14.9 Å². The Morgan fingerprint density at radius 1 is 1.26 bits per heavy atom. The van der Waals surface area contributed by atoms with Crippen LogP contribution in [0, 0.1) is 10.1 Å². The van der Waals surface area contributed by atoms with Crippen molar-refractivity contribution < 1.29 is 27.6 Å². The first-order valence-electron chi connectivity index (χ1n) is 9.89. The molecule has 0 unspecified atom stereocenters. The van der Waals surface area contributed by atoms with Crippen LogP contribution in [0.2, 0.25) is 5.02 Å². The zero-order valence-electron chi connectivity index (χ0n) is 17.5. The number of hydrogen-bond donors (Lipinski definition) is 2. The third-order valence-corrected chi connectivity index (χ3v) is 5.67. The van der Waals surface area contributed by atoms with Crippen LogP contribution in [0.25, 0.3) is 0 Å². The van der Waals surface area contributed by atoms with Gasteiger partial charge >= 0.3 is 6.18 Å². The van der Waals surface area contributed by atoms with Crippen molar-refractivity contribution in [3.63, 3.8) is 0 Å². The van der Waals surface area contributed by atoms with Crippen molar-refractivity contribution in [1.29, 1.82) is 0 Å². The molecule has 1 aliphatic rings. The largest absolute Gasteiger partial charge is 0.497 e. The lowest BCUT2D eigenvalue weighted by atomic mass is 9.97. The van der Waals surface area contributed by atoms with E-state index >= 15 is 0 Å². The van der Waals surface area contributed by atoms with Gasteiger partial charge in [0.2, 0.25) is 0 Å². The van der Waals surface area contributed by atoms with Gasteiger partial charge in [-0.15, -0.1) is 0 Å². The molecule has 2 heterocycles. The summed E-state index contributed by atoms with van der Waals surface area (Å²) in [7, 11) is 1.49. The average molecular weight is 496 g/mol. The molecule has 0 fully saturated rings. The number of fused-ring (bicyclic) bond motifs is 1. The molecule has 0 spiro atoms. The fraction of sp³-hybridized carbons (Fsp3) is 0.238. The highest BCUT2D eigenvalue weighted by Crippen LogP contribution is 2.44. The number of rotatable bonds is 5. The molecule has 13 heteroatoms. The molecule has 178 valence electrons. The van der Waals surface area contributed by atoms with Gasteiger partial charge < -0.3 is 15.4 Å². The third kappa shape index (κ3) is 4.62. The normalized spacial score (nSPS) is 17.4. The van der Waals surface area contributed by atoms with Crippen molar-refractivity contribution >= 4 is 34.7 Å². The summed E-state index contributed by atoms with van der Waals surface area (Å²) in [6.07, 6.45) is -4.94. The molecule has 9 nitrogen and oxygen atoms in total. The van der Waals surface area contributed by atoms with Crippen LogP contribution in [0.1, 0.15) is 34.6 Å². The van der Waals surface area contributed by atoms with Gasteiger partial charge in [0.1, 0.15) is 11.6 Å². The maximum Gasteiger partial charge on any atom is 0.410 e. The topological polar surface area (TPSA) is 111 Å². The molecular weight excluding hydrogens is 479 g/mol. The van der Waals surface area contributed by atoms with Crippen LogP contribution < -0.4 is 15.4 Å². The lowest BCUT2D eigenvalue weighted by Gasteiger charge is -2.33. The Balaban J connectivity index is 1.61. The van der Waals surface area contributed by atoms with E-state index in [0.717, 1.165) is 16.8 Å². The standard InChI is InChI=1S/C21H17ClF3N5O4/c1-34-13-5-2-11(3-6-13)16-9-18(21(23,24)25)29-19(26-16)10-17(28-29)20(31)27-15-7-4-12(30(32)33)8-14(15)22/h2-8,10,16,18,26H,9H2,1H3,(H,27,31)/t16-,18+/m0/s1. The van der Waals surface area contributed by atoms with Crippen molar-refractivity contribution in [3.05, 3.63) is 74.9 Å². The molecular formula is C21H17ClF3N5O4. The van der Waals surface area contributed by atoms with Crippen LogP contribution in [0.3, 0.4) is 0 Å². The minimum atomic E-state index is -4.61. The summed E-state index contributed by atoms with van der Waals surface area (Å²) in [6.45, 7) is 0. The second-order valence-electron chi connectivity index (χ2n) is 7.50. The summed E-state index contributed by atoms with van der Waals surface area (Å²) >= 11 is 5.98. The predicted molar refractivity (Wildman–Crippen MR) is 117 cm³/mol. The van der Waals surface area contributed by atoms with Crippen molar-refractivity contribution in [1.82, 2.24) is 9.78 Å². The summed E-state index contributed by atoms with van der Waals surface area (Å²) in [5.41, 5.74) is 0.120. The number of carbonyl (C=O) groups excluding carboxylic acids is 1. The molecule has 1 aliphatic heterocycles. The number of nitro benzene ring substituents is 1. The van der Waals surface area contributed by atoms with Gasteiger partial charge in [0, 0.05) is 24.6 Å². The molecule has 0 bridgehead atoms. The van der Waals surface area contributed by atoms with Gasteiger partial charge in [0.05, 0.1) is 28.8 Å². The van der Waals surface area contributed by atoms with Crippen LogP contribution in [-0.4, -0.2) is 33.9 Å². The fourth-order valence-electron chi connectivity index (χ4n) is 3.64. The maximum absolute atomic E-state index is 13.9. The Labute approximate surface area is 195 Å². The van der Waals surface area contributed by atoms with E-state index in [-0.39, 0.29) is 34.3 Å². The highest BCUT2D eigenvalue weighted by molar-refractivity contribution is 6.34. The molecule has 0 saturated carbocycles. The summed E-state index contributed by atoms with van der Waals surface area (Å²) < 4.78 is 47.4. The first-order valence-corrected chi connectivity index (χ1v) is 10.3. The highest BCUT2D eigenvalue weighted by Gasteiger charge is 2.46. The zero-order valence-corrected chi connectivity index (χ0v) is 18.2. The molecule has 2 aromatic carbocycles. The first kappa shape index (κ1) is 23.4. The first-order chi connectivity index (χ1) is 16.1. The Kier molecular flexibility index (Phi) is 6.09. The SMILES string of the molecule is COc1ccc([C@@H]2C[C@H](C(F)(F)F)n3nc(C(=O)Nc4ccc([N+](=O)[O-])cc4Cl)cc3N2)cc1.